The summed E-state index contributed by atoms with van der Waals surface area (Å²) < 4.78 is 8.69. The molecule has 0 aliphatic carbocycles. The maximum Gasteiger partial charge on any atom is 0.120 e. The van der Waals surface area contributed by atoms with Gasteiger partial charge < -0.3 is 14.0 Å². The Morgan fingerprint density at radius 3 is 2.05 bits per heavy atom. The summed E-state index contributed by atoms with van der Waals surface area (Å²) in [4.78, 5) is 9.69. The summed E-state index contributed by atoms with van der Waals surface area (Å²) in [5.41, 5.74) is 12.2. The van der Waals surface area contributed by atoms with Crippen LogP contribution in [0.25, 0.3) is 83.6 Å². The van der Waals surface area contributed by atoms with E-state index in [4.69, 9.17) is 9.40 Å². The maximum atomic E-state index is 6.43. The molecule has 0 bridgehead atoms. The van der Waals surface area contributed by atoms with Crippen molar-refractivity contribution in [3.8, 4) is 50.6 Å². The first kappa shape index (κ1) is 37.7. The Hall–Kier alpha value is -6.17. The third kappa shape index (κ3) is 7.55. The van der Waals surface area contributed by atoms with E-state index < -0.39 is 8.07 Å². The Morgan fingerprint density at radius 1 is 0.596 bits per heavy atom. The molecule has 0 aliphatic heterocycles. The van der Waals surface area contributed by atoms with Crippen LogP contribution in [0.15, 0.2) is 187 Å². The van der Waals surface area contributed by atoms with Gasteiger partial charge in [-0.15, -0.1) is 54.1 Å². The Morgan fingerprint density at radius 2 is 1.32 bits per heavy atom. The Kier molecular flexibility index (Phi) is 10.7. The third-order valence-electron chi connectivity index (χ3n) is 10.2. The summed E-state index contributed by atoms with van der Waals surface area (Å²) in [5.74, 6) is 0.801. The standard InChI is InChI=1S/C37H23N2O.C14H16NSi.Ir/c1-3-12-25(13-4-1)27-22-23-33(31(24-27)26-14-5-2-6-15-26)39-34-20-9-8-19-32(34)38-37(39)30-18-11-17-29-28-16-7-10-21-35(28)40-36(29)30;1-16(2,3)13-9-10-14(15-11-13)12-7-5-4-6-8-12;/h1-17,19-24H;4-7,9-11H,1-3H3;/q2*-1;. The van der Waals surface area contributed by atoms with Crippen LogP contribution in [0.3, 0.4) is 0 Å². The number of benzene rings is 7. The molecule has 10 aromatic rings. The molecule has 279 valence electrons. The second-order valence-corrected chi connectivity index (χ2v) is 20.0. The number of fused-ring (bicyclic) bond motifs is 4. The second kappa shape index (κ2) is 16.1. The van der Waals surface area contributed by atoms with Crippen molar-refractivity contribution in [1.82, 2.24) is 14.5 Å². The molecule has 0 unspecified atom stereocenters. The average Bonchev–Trinajstić information content (AvgIpc) is 3.83. The minimum absolute atomic E-state index is 0. The van der Waals surface area contributed by atoms with Crippen LogP contribution in [-0.4, -0.2) is 22.6 Å². The zero-order valence-corrected chi connectivity index (χ0v) is 35.3. The molecule has 0 atom stereocenters. The van der Waals surface area contributed by atoms with Crippen LogP contribution in [0.4, 0.5) is 0 Å². The van der Waals surface area contributed by atoms with E-state index in [0.29, 0.717) is 0 Å². The molecule has 7 aromatic carbocycles. The van der Waals surface area contributed by atoms with Gasteiger partial charge in [-0.1, -0.05) is 140 Å². The maximum absolute atomic E-state index is 6.43. The molecule has 0 N–H and O–H groups in total. The molecular formula is C51H39IrN3OSi-2. The molecule has 0 aliphatic rings. The summed E-state index contributed by atoms with van der Waals surface area (Å²) in [6, 6.07) is 67.2. The Labute approximate surface area is 347 Å². The largest absolute Gasteiger partial charge is 0.501 e. The molecule has 1 radical (unpaired) electrons. The molecule has 0 spiro atoms. The first-order chi connectivity index (χ1) is 27.4. The number of para-hydroxylation sites is 3. The number of furan rings is 1. The van der Waals surface area contributed by atoms with E-state index in [1.165, 1.54) is 16.3 Å². The van der Waals surface area contributed by atoms with Gasteiger partial charge in [0, 0.05) is 42.9 Å². The van der Waals surface area contributed by atoms with E-state index in [2.05, 4.69) is 163 Å². The van der Waals surface area contributed by atoms with Crippen molar-refractivity contribution in [1.29, 1.82) is 0 Å². The number of pyridine rings is 1. The first-order valence-corrected chi connectivity index (χ1v) is 22.4. The zero-order valence-electron chi connectivity index (χ0n) is 31.9. The number of rotatable bonds is 6. The van der Waals surface area contributed by atoms with Gasteiger partial charge >= 0.3 is 0 Å². The fourth-order valence-corrected chi connectivity index (χ4v) is 8.27. The number of hydrogen-bond donors (Lipinski definition) is 0. The van der Waals surface area contributed by atoms with Gasteiger partial charge in [-0.3, -0.25) is 4.98 Å². The second-order valence-electron chi connectivity index (χ2n) is 14.9. The minimum Gasteiger partial charge on any atom is -0.501 e. The number of nitrogens with zero attached hydrogens (tertiary/aromatic N) is 3. The third-order valence-corrected chi connectivity index (χ3v) is 12.2. The van der Waals surface area contributed by atoms with E-state index in [-0.39, 0.29) is 20.1 Å². The summed E-state index contributed by atoms with van der Waals surface area (Å²) >= 11 is 0. The van der Waals surface area contributed by atoms with Crippen molar-refractivity contribution in [3.63, 3.8) is 0 Å². The van der Waals surface area contributed by atoms with Crippen molar-refractivity contribution < 1.29 is 24.5 Å². The molecule has 6 heteroatoms. The molecule has 3 aromatic heterocycles. The minimum atomic E-state index is -1.23. The molecule has 10 rings (SSSR count). The quantitative estimate of drug-likeness (QED) is 0.123. The molecule has 57 heavy (non-hydrogen) atoms. The monoisotopic (exact) mass is 930 g/mol. The molecule has 0 fully saturated rings. The predicted octanol–water partition coefficient (Wildman–Crippen LogP) is 12.8. The first-order valence-electron chi connectivity index (χ1n) is 18.9. The summed E-state index contributed by atoms with van der Waals surface area (Å²) in [5, 5.41) is 3.55. The van der Waals surface area contributed by atoms with Crippen LogP contribution < -0.4 is 5.19 Å². The van der Waals surface area contributed by atoms with Gasteiger partial charge in [-0.05, 0) is 57.9 Å². The molecule has 4 nitrogen and oxygen atoms in total. The van der Waals surface area contributed by atoms with Crippen molar-refractivity contribution in [2.45, 2.75) is 19.6 Å². The number of imidazole rings is 1. The van der Waals surface area contributed by atoms with Gasteiger partial charge in [-0.25, -0.2) is 0 Å². The van der Waals surface area contributed by atoms with Crippen LogP contribution in [0.5, 0.6) is 0 Å². The SMILES string of the molecule is C[Si](C)(C)c1ccc(-c2[c-]cccc2)nc1.[Ir].[c-]1ccc2c(oc3ccccc32)c1-c1nc2ccccc2n1-c1ccc(-c2ccccc2)cc1-c1ccccc1. The predicted molar refractivity (Wildman–Crippen MR) is 235 cm³/mol. The molecular weight excluding hydrogens is 891 g/mol. The van der Waals surface area contributed by atoms with Crippen LogP contribution in [0.2, 0.25) is 19.6 Å². The normalized spacial score (nSPS) is 11.3. The van der Waals surface area contributed by atoms with E-state index >= 15 is 0 Å². The summed E-state index contributed by atoms with van der Waals surface area (Å²) in [6.07, 6.45) is 2.02. The van der Waals surface area contributed by atoms with E-state index in [1.807, 2.05) is 60.8 Å². The van der Waals surface area contributed by atoms with Gasteiger partial charge in [0.1, 0.15) is 5.58 Å². The van der Waals surface area contributed by atoms with Gasteiger partial charge in [-0.2, -0.15) is 0 Å². The molecule has 0 amide bonds. The Balaban J connectivity index is 0.000000226. The summed E-state index contributed by atoms with van der Waals surface area (Å²) in [6.45, 7) is 7.00. The van der Waals surface area contributed by atoms with Gasteiger partial charge in [0.2, 0.25) is 0 Å². The molecule has 3 heterocycles. The van der Waals surface area contributed by atoms with Gasteiger partial charge in [0.15, 0.2) is 0 Å². The number of hydrogen-bond acceptors (Lipinski definition) is 3. The number of aromatic nitrogens is 3. The Bertz CT molecular complexity index is 2930. The van der Waals surface area contributed by atoms with Crippen LogP contribution >= 0.6 is 0 Å². The van der Waals surface area contributed by atoms with Gasteiger partial charge in [0.25, 0.3) is 0 Å². The van der Waals surface area contributed by atoms with Crippen molar-refractivity contribution in [3.05, 3.63) is 194 Å². The van der Waals surface area contributed by atoms with Crippen molar-refractivity contribution >= 4 is 46.2 Å². The average molecular weight is 930 g/mol. The fraction of sp³-hybridized carbons (Fsp3) is 0.0588. The summed E-state index contributed by atoms with van der Waals surface area (Å²) in [7, 11) is -1.23. The fourth-order valence-electron chi connectivity index (χ4n) is 7.23. The van der Waals surface area contributed by atoms with Crippen LogP contribution in [-0.2, 0) is 20.1 Å². The van der Waals surface area contributed by atoms with Gasteiger partial charge in [0.05, 0.1) is 30.5 Å². The molecule has 0 saturated carbocycles. The van der Waals surface area contributed by atoms with Crippen molar-refractivity contribution in [2.24, 2.45) is 0 Å². The van der Waals surface area contributed by atoms with Crippen molar-refractivity contribution in [2.75, 3.05) is 0 Å². The van der Waals surface area contributed by atoms with Crippen LogP contribution in [0, 0.1) is 12.1 Å². The van der Waals surface area contributed by atoms with E-state index in [0.717, 1.165) is 72.4 Å². The topological polar surface area (TPSA) is 43.9 Å². The van der Waals surface area contributed by atoms with E-state index in [9.17, 15) is 0 Å². The zero-order chi connectivity index (χ0) is 38.1. The smallest absolute Gasteiger partial charge is 0.120 e. The van der Waals surface area contributed by atoms with E-state index in [1.54, 1.807) is 0 Å². The molecule has 0 saturated heterocycles. The van der Waals surface area contributed by atoms with Crippen LogP contribution in [0.1, 0.15) is 0 Å².